The SMILES string of the molecule is COc1cccc(-c2noc(C3=C(C)N(c4ccccc4)C(=S)NC3c3ccc(C)cc3)n2)c1. The summed E-state index contributed by atoms with van der Waals surface area (Å²) in [7, 11) is 1.63. The van der Waals surface area contributed by atoms with E-state index in [-0.39, 0.29) is 6.04 Å². The molecule has 170 valence electrons. The minimum atomic E-state index is -0.230. The quantitative estimate of drug-likeness (QED) is 0.365. The van der Waals surface area contributed by atoms with E-state index in [1.807, 2.05) is 66.4 Å². The predicted octanol–water partition coefficient (Wildman–Crippen LogP) is 5.92. The maximum absolute atomic E-state index is 5.83. The maximum atomic E-state index is 5.83. The molecule has 1 aliphatic heterocycles. The summed E-state index contributed by atoms with van der Waals surface area (Å²) in [6, 6.07) is 25.8. The van der Waals surface area contributed by atoms with Gasteiger partial charge in [0.25, 0.3) is 5.89 Å². The average Bonchev–Trinajstić information content (AvgIpc) is 3.35. The standard InChI is InChI=1S/C27H24N4O2S/c1-17-12-14-19(15-13-17)24-23(18(2)31(27(34)28-24)21-9-5-4-6-10-21)26-29-25(30-33-26)20-8-7-11-22(16-20)32-3/h4-16,24H,1-3H3,(H,28,34). The molecular weight excluding hydrogens is 444 g/mol. The number of benzene rings is 3. The van der Waals surface area contributed by atoms with Crippen LogP contribution in [-0.2, 0) is 0 Å². The third kappa shape index (κ3) is 4.06. The van der Waals surface area contributed by atoms with Gasteiger partial charge in [-0.05, 0) is 55.9 Å². The second kappa shape index (κ2) is 9.11. The highest BCUT2D eigenvalue weighted by Gasteiger charge is 2.34. The monoisotopic (exact) mass is 468 g/mol. The summed E-state index contributed by atoms with van der Waals surface area (Å²) in [6.45, 7) is 4.10. The predicted molar refractivity (Wildman–Crippen MR) is 137 cm³/mol. The minimum Gasteiger partial charge on any atom is -0.497 e. The summed E-state index contributed by atoms with van der Waals surface area (Å²) in [4.78, 5) is 6.78. The number of nitrogens with zero attached hydrogens (tertiary/aromatic N) is 3. The molecule has 4 aromatic rings. The fraction of sp³-hybridized carbons (Fsp3) is 0.148. The van der Waals surface area contributed by atoms with Gasteiger partial charge in [0.15, 0.2) is 5.11 Å². The average molecular weight is 469 g/mol. The van der Waals surface area contributed by atoms with Crippen LogP contribution in [0.2, 0.25) is 0 Å². The second-order valence-corrected chi connectivity index (χ2v) is 8.51. The molecule has 0 fully saturated rings. The van der Waals surface area contributed by atoms with Crippen LogP contribution in [0.25, 0.3) is 17.0 Å². The van der Waals surface area contributed by atoms with Gasteiger partial charge in [0, 0.05) is 16.9 Å². The van der Waals surface area contributed by atoms with Gasteiger partial charge in [-0.25, -0.2) is 0 Å². The van der Waals surface area contributed by atoms with Crippen LogP contribution < -0.4 is 15.0 Å². The highest BCUT2D eigenvalue weighted by Crippen LogP contribution is 2.39. The van der Waals surface area contributed by atoms with Crippen molar-refractivity contribution in [1.29, 1.82) is 0 Å². The first-order valence-corrected chi connectivity index (χ1v) is 11.4. The number of ether oxygens (including phenoxy) is 1. The minimum absolute atomic E-state index is 0.230. The molecule has 6 nitrogen and oxygen atoms in total. The van der Waals surface area contributed by atoms with Crippen molar-refractivity contribution in [3.05, 3.63) is 102 Å². The molecule has 0 amide bonds. The van der Waals surface area contributed by atoms with Gasteiger partial charge in [-0.1, -0.05) is 65.3 Å². The molecule has 1 aliphatic rings. The van der Waals surface area contributed by atoms with E-state index in [9.17, 15) is 0 Å². The number of aryl methyl sites for hydroxylation is 1. The summed E-state index contributed by atoms with van der Waals surface area (Å²) >= 11 is 5.80. The normalized spacial score (nSPS) is 15.9. The number of nitrogens with one attached hydrogen (secondary N) is 1. The summed E-state index contributed by atoms with van der Waals surface area (Å²) in [5.41, 5.74) is 5.84. The van der Waals surface area contributed by atoms with E-state index in [2.05, 4.69) is 41.7 Å². The highest BCUT2D eigenvalue weighted by atomic mass is 32.1. The van der Waals surface area contributed by atoms with E-state index >= 15 is 0 Å². The number of thiocarbonyl (C=S) groups is 1. The lowest BCUT2D eigenvalue weighted by Crippen LogP contribution is -2.46. The van der Waals surface area contributed by atoms with Crippen LogP contribution in [0.3, 0.4) is 0 Å². The van der Waals surface area contributed by atoms with Gasteiger partial charge in [0.05, 0.1) is 18.7 Å². The van der Waals surface area contributed by atoms with Crippen molar-refractivity contribution in [2.45, 2.75) is 19.9 Å². The molecule has 0 aliphatic carbocycles. The number of hydrogen-bond acceptors (Lipinski definition) is 5. The van der Waals surface area contributed by atoms with Crippen molar-refractivity contribution in [2.24, 2.45) is 0 Å². The Morgan fingerprint density at radius 2 is 1.74 bits per heavy atom. The number of para-hydroxylation sites is 1. The Hall–Kier alpha value is -3.97. The number of methoxy groups -OCH3 is 1. The van der Waals surface area contributed by atoms with Crippen molar-refractivity contribution < 1.29 is 9.26 Å². The molecule has 0 spiro atoms. The van der Waals surface area contributed by atoms with Crippen molar-refractivity contribution in [1.82, 2.24) is 15.5 Å². The summed E-state index contributed by atoms with van der Waals surface area (Å²) in [5.74, 6) is 1.67. The molecule has 3 aromatic carbocycles. The number of rotatable bonds is 5. The Balaban J connectivity index is 1.64. The number of aromatic nitrogens is 2. The van der Waals surface area contributed by atoms with Crippen LogP contribution in [0.5, 0.6) is 5.75 Å². The Morgan fingerprint density at radius 3 is 2.47 bits per heavy atom. The maximum Gasteiger partial charge on any atom is 0.258 e. The molecule has 0 bridgehead atoms. The molecule has 1 atom stereocenters. The molecule has 2 heterocycles. The van der Waals surface area contributed by atoms with E-state index in [1.165, 1.54) is 5.56 Å². The first-order chi connectivity index (χ1) is 16.5. The molecule has 1 unspecified atom stereocenters. The molecule has 1 N–H and O–H groups in total. The van der Waals surface area contributed by atoms with Crippen molar-refractivity contribution in [2.75, 3.05) is 12.0 Å². The molecule has 0 radical (unpaired) electrons. The zero-order valence-electron chi connectivity index (χ0n) is 19.1. The van der Waals surface area contributed by atoms with Gasteiger partial charge in [-0.15, -0.1) is 0 Å². The highest BCUT2D eigenvalue weighted by molar-refractivity contribution is 7.80. The second-order valence-electron chi connectivity index (χ2n) is 8.12. The van der Waals surface area contributed by atoms with Gasteiger partial charge in [-0.2, -0.15) is 4.98 Å². The Labute approximate surface area is 203 Å². The first-order valence-electron chi connectivity index (χ1n) is 11.0. The number of allylic oxidation sites excluding steroid dienone is 1. The van der Waals surface area contributed by atoms with Crippen LogP contribution in [-0.4, -0.2) is 22.4 Å². The zero-order chi connectivity index (χ0) is 23.7. The number of hydrogen-bond donors (Lipinski definition) is 1. The van der Waals surface area contributed by atoms with Crippen LogP contribution >= 0.6 is 12.2 Å². The summed E-state index contributed by atoms with van der Waals surface area (Å²) in [6.07, 6.45) is 0. The topological polar surface area (TPSA) is 63.4 Å². The molecule has 1 aromatic heterocycles. The third-order valence-corrected chi connectivity index (χ3v) is 6.19. The van der Waals surface area contributed by atoms with Crippen LogP contribution in [0.15, 0.2) is 89.1 Å². The molecule has 34 heavy (non-hydrogen) atoms. The Bertz CT molecular complexity index is 1360. The largest absolute Gasteiger partial charge is 0.497 e. The van der Waals surface area contributed by atoms with E-state index in [0.717, 1.165) is 33.8 Å². The zero-order valence-corrected chi connectivity index (χ0v) is 20.0. The van der Waals surface area contributed by atoms with Crippen LogP contribution in [0.4, 0.5) is 5.69 Å². The van der Waals surface area contributed by atoms with Gasteiger partial charge in [-0.3, -0.25) is 4.90 Å². The summed E-state index contributed by atoms with van der Waals surface area (Å²) < 4.78 is 11.2. The molecule has 7 heteroatoms. The smallest absolute Gasteiger partial charge is 0.258 e. The molecular formula is C27H24N4O2S. The lowest BCUT2D eigenvalue weighted by molar-refractivity contribution is 0.403. The molecule has 0 saturated carbocycles. The lowest BCUT2D eigenvalue weighted by Gasteiger charge is -2.37. The first kappa shape index (κ1) is 21.9. The summed E-state index contributed by atoms with van der Waals surface area (Å²) in [5, 5.41) is 8.39. The van der Waals surface area contributed by atoms with Crippen LogP contribution in [0.1, 0.15) is 30.0 Å². The van der Waals surface area contributed by atoms with Gasteiger partial charge < -0.3 is 14.6 Å². The third-order valence-electron chi connectivity index (χ3n) is 5.89. The van der Waals surface area contributed by atoms with E-state index in [0.29, 0.717) is 16.8 Å². The molecule has 5 rings (SSSR count). The van der Waals surface area contributed by atoms with E-state index < -0.39 is 0 Å². The Kier molecular flexibility index (Phi) is 5.86. The fourth-order valence-corrected chi connectivity index (χ4v) is 4.49. The Morgan fingerprint density at radius 1 is 0.971 bits per heavy atom. The molecule has 0 saturated heterocycles. The van der Waals surface area contributed by atoms with Gasteiger partial charge >= 0.3 is 0 Å². The number of anilines is 1. The van der Waals surface area contributed by atoms with Crippen molar-refractivity contribution in [3.8, 4) is 17.1 Å². The van der Waals surface area contributed by atoms with Gasteiger partial charge in [0.2, 0.25) is 5.82 Å². The van der Waals surface area contributed by atoms with Crippen LogP contribution in [0, 0.1) is 6.92 Å². The van der Waals surface area contributed by atoms with Gasteiger partial charge in [0.1, 0.15) is 5.75 Å². The lowest BCUT2D eigenvalue weighted by atomic mass is 9.94. The van der Waals surface area contributed by atoms with Crippen molar-refractivity contribution >= 4 is 28.6 Å². The van der Waals surface area contributed by atoms with E-state index in [1.54, 1.807) is 7.11 Å². The van der Waals surface area contributed by atoms with E-state index in [4.69, 9.17) is 26.5 Å². The fourth-order valence-electron chi connectivity index (χ4n) is 4.13. The van der Waals surface area contributed by atoms with Crippen molar-refractivity contribution in [3.63, 3.8) is 0 Å².